The van der Waals surface area contributed by atoms with Crippen molar-refractivity contribution in [3.63, 3.8) is 0 Å². The SMILES string of the molecule is O=C(c1ccc([N+](=O)[O-])cc1F)N1CCCCCCC1. The number of carbonyl (C=O) groups excluding carboxylic acids is 1. The predicted molar refractivity (Wildman–Crippen MR) is 72.0 cm³/mol. The van der Waals surface area contributed by atoms with Gasteiger partial charge in [0.25, 0.3) is 11.6 Å². The second-order valence-electron chi connectivity index (χ2n) is 4.98. The average Bonchev–Trinajstić information content (AvgIpc) is 2.37. The molecule has 0 saturated carbocycles. The van der Waals surface area contributed by atoms with Crippen molar-refractivity contribution in [3.8, 4) is 0 Å². The second-order valence-corrected chi connectivity index (χ2v) is 4.98. The van der Waals surface area contributed by atoms with Gasteiger partial charge < -0.3 is 4.90 Å². The lowest BCUT2D eigenvalue weighted by Gasteiger charge is -2.24. The summed E-state index contributed by atoms with van der Waals surface area (Å²) in [6.07, 6.45) is 5.16. The Morgan fingerprint density at radius 3 is 2.30 bits per heavy atom. The van der Waals surface area contributed by atoms with E-state index < -0.39 is 10.7 Å². The van der Waals surface area contributed by atoms with Crippen molar-refractivity contribution in [1.82, 2.24) is 4.90 Å². The third-order valence-corrected chi connectivity index (χ3v) is 3.54. The summed E-state index contributed by atoms with van der Waals surface area (Å²) in [5.41, 5.74) is -0.428. The number of likely N-dealkylation sites (tertiary alicyclic amines) is 1. The summed E-state index contributed by atoms with van der Waals surface area (Å²) in [7, 11) is 0. The van der Waals surface area contributed by atoms with Crippen molar-refractivity contribution < 1.29 is 14.1 Å². The molecule has 0 unspecified atom stereocenters. The Labute approximate surface area is 116 Å². The van der Waals surface area contributed by atoms with Gasteiger partial charge in [0.05, 0.1) is 16.6 Å². The Kier molecular flexibility index (Phi) is 4.65. The molecule has 1 aliphatic heterocycles. The first-order valence-corrected chi connectivity index (χ1v) is 6.83. The number of nitrogens with zero attached hydrogens (tertiary/aromatic N) is 2. The monoisotopic (exact) mass is 280 g/mol. The Bertz CT molecular complexity index is 511. The van der Waals surface area contributed by atoms with Crippen molar-refractivity contribution in [2.75, 3.05) is 13.1 Å². The summed E-state index contributed by atoms with van der Waals surface area (Å²) in [6, 6.07) is 3.17. The molecule has 1 fully saturated rings. The highest BCUT2D eigenvalue weighted by Gasteiger charge is 2.21. The number of nitro benzene ring substituents is 1. The summed E-state index contributed by atoms with van der Waals surface area (Å²) >= 11 is 0. The van der Waals surface area contributed by atoms with Crippen molar-refractivity contribution in [2.45, 2.75) is 32.1 Å². The fourth-order valence-electron chi connectivity index (χ4n) is 2.41. The van der Waals surface area contributed by atoms with E-state index in [2.05, 4.69) is 0 Å². The van der Waals surface area contributed by atoms with Crippen molar-refractivity contribution >= 4 is 11.6 Å². The lowest BCUT2D eigenvalue weighted by atomic mass is 10.1. The number of halogens is 1. The van der Waals surface area contributed by atoms with Gasteiger partial charge in [-0.2, -0.15) is 0 Å². The van der Waals surface area contributed by atoms with Crippen LogP contribution >= 0.6 is 0 Å². The maximum atomic E-state index is 13.8. The molecule has 108 valence electrons. The molecule has 1 saturated heterocycles. The molecule has 1 amide bonds. The van der Waals surface area contributed by atoms with Crippen LogP contribution in [0.3, 0.4) is 0 Å². The maximum absolute atomic E-state index is 13.8. The summed E-state index contributed by atoms with van der Waals surface area (Å²) in [5.74, 6) is -1.20. The van der Waals surface area contributed by atoms with Crippen LogP contribution in [0.15, 0.2) is 18.2 Å². The molecule has 2 rings (SSSR count). The molecule has 20 heavy (non-hydrogen) atoms. The van der Waals surface area contributed by atoms with Gasteiger partial charge in [0, 0.05) is 19.2 Å². The number of carbonyl (C=O) groups is 1. The fraction of sp³-hybridized carbons (Fsp3) is 0.500. The zero-order valence-electron chi connectivity index (χ0n) is 11.2. The van der Waals surface area contributed by atoms with Crippen LogP contribution in [0.5, 0.6) is 0 Å². The first-order valence-electron chi connectivity index (χ1n) is 6.83. The van der Waals surface area contributed by atoms with E-state index in [1.54, 1.807) is 4.90 Å². The van der Waals surface area contributed by atoms with Gasteiger partial charge in [-0.25, -0.2) is 4.39 Å². The number of amides is 1. The van der Waals surface area contributed by atoms with Crippen LogP contribution in [0.25, 0.3) is 0 Å². The van der Waals surface area contributed by atoms with Gasteiger partial charge in [0.15, 0.2) is 0 Å². The van der Waals surface area contributed by atoms with Gasteiger partial charge in [0.1, 0.15) is 5.82 Å². The van der Waals surface area contributed by atoms with E-state index in [4.69, 9.17) is 0 Å². The number of non-ortho nitro benzene ring substituents is 1. The van der Waals surface area contributed by atoms with Crippen LogP contribution in [0, 0.1) is 15.9 Å². The first kappa shape index (κ1) is 14.4. The van der Waals surface area contributed by atoms with Crippen LogP contribution in [0.4, 0.5) is 10.1 Å². The maximum Gasteiger partial charge on any atom is 0.272 e. The van der Waals surface area contributed by atoms with E-state index >= 15 is 0 Å². The zero-order chi connectivity index (χ0) is 14.5. The molecule has 1 heterocycles. The zero-order valence-corrected chi connectivity index (χ0v) is 11.2. The smallest absolute Gasteiger partial charge is 0.272 e. The number of hydrogen-bond acceptors (Lipinski definition) is 3. The van der Waals surface area contributed by atoms with Gasteiger partial charge in [-0.3, -0.25) is 14.9 Å². The quantitative estimate of drug-likeness (QED) is 0.617. The first-order chi connectivity index (χ1) is 9.59. The molecule has 0 atom stereocenters. The van der Waals surface area contributed by atoms with Gasteiger partial charge in [-0.1, -0.05) is 19.3 Å². The van der Waals surface area contributed by atoms with Crippen LogP contribution in [-0.4, -0.2) is 28.8 Å². The predicted octanol–water partition coefficient (Wildman–Crippen LogP) is 3.14. The number of hydrogen-bond donors (Lipinski definition) is 0. The molecule has 0 aliphatic carbocycles. The highest BCUT2D eigenvalue weighted by atomic mass is 19.1. The minimum Gasteiger partial charge on any atom is -0.339 e. The van der Waals surface area contributed by atoms with E-state index in [1.807, 2.05) is 0 Å². The Hall–Kier alpha value is -1.98. The molecule has 1 aromatic carbocycles. The standard InChI is InChI=1S/C14H17FN2O3/c15-13-10-11(17(19)20)6-7-12(13)14(18)16-8-4-2-1-3-5-9-16/h6-7,10H,1-5,8-9H2. The molecular weight excluding hydrogens is 263 g/mol. The molecule has 0 bridgehead atoms. The third-order valence-electron chi connectivity index (χ3n) is 3.54. The van der Waals surface area contributed by atoms with E-state index in [0.29, 0.717) is 13.1 Å². The van der Waals surface area contributed by atoms with Gasteiger partial charge in [-0.05, 0) is 18.9 Å². The minimum atomic E-state index is -0.828. The lowest BCUT2D eigenvalue weighted by Crippen LogP contribution is -2.34. The highest BCUT2D eigenvalue weighted by molar-refractivity contribution is 5.94. The molecule has 6 heteroatoms. The Morgan fingerprint density at radius 1 is 1.15 bits per heavy atom. The number of rotatable bonds is 2. The van der Waals surface area contributed by atoms with Crippen molar-refractivity contribution in [1.29, 1.82) is 0 Å². The van der Waals surface area contributed by atoms with E-state index in [-0.39, 0.29) is 17.2 Å². The largest absolute Gasteiger partial charge is 0.339 e. The molecule has 1 aliphatic rings. The summed E-state index contributed by atoms with van der Waals surface area (Å²) < 4.78 is 13.8. The van der Waals surface area contributed by atoms with Crippen molar-refractivity contribution in [2.24, 2.45) is 0 Å². The minimum absolute atomic E-state index is 0.0869. The molecule has 0 spiro atoms. The molecule has 0 aromatic heterocycles. The normalized spacial score (nSPS) is 16.4. The molecule has 5 nitrogen and oxygen atoms in total. The molecule has 0 radical (unpaired) electrons. The average molecular weight is 280 g/mol. The topological polar surface area (TPSA) is 63.4 Å². The summed E-state index contributed by atoms with van der Waals surface area (Å²) in [4.78, 5) is 23.8. The molecule has 1 aromatic rings. The number of benzene rings is 1. The Balaban J connectivity index is 2.17. The summed E-state index contributed by atoms with van der Waals surface area (Å²) in [5, 5.41) is 10.6. The third kappa shape index (κ3) is 3.31. The number of nitro groups is 1. The Morgan fingerprint density at radius 2 is 1.75 bits per heavy atom. The van der Waals surface area contributed by atoms with Crippen LogP contribution in [0.2, 0.25) is 0 Å². The van der Waals surface area contributed by atoms with Gasteiger partial charge in [-0.15, -0.1) is 0 Å². The fourth-order valence-corrected chi connectivity index (χ4v) is 2.41. The van der Waals surface area contributed by atoms with E-state index in [0.717, 1.165) is 31.7 Å². The van der Waals surface area contributed by atoms with Crippen LogP contribution in [0.1, 0.15) is 42.5 Å². The molecule has 0 N–H and O–H groups in total. The van der Waals surface area contributed by atoms with Gasteiger partial charge >= 0.3 is 0 Å². The lowest BCUT2D eigenvalue weighted by molar-refractivity contribution is -0.385. The highest BCUT2D eigenvalue weighted by Crippen LogP contribution is 2.19. The van der Waals surface area contributed by atoms with Gasteiger partial charge in [0.2, 0.25) is 0 Å². The van der Waals surface area contributed by atoms with Crippen molar-refractivity contribution in [3.05, 3.63) is 39.7 Å². The molecular formula is C14H17FN2O3. The summed E-state index contributed by atoms with van der Waals surface area (Å²) in [6.45, 7) is 1.24. The van der Waals surface area contributed by atoms with E-state index in [1.165, 1.54) is 18.6 Å². The van der Waals surface area contributed by atoms with E-state index in [9.17, 15) is 19.3 Å². The second kappa shape index (κ2) is 6.45. The van der Waals surface area contributed by atoms with Crippen LogP contribution < -0.4 is 0 Å². The van der Waals surface area contributed by atoms with Crippen LogP contribution in [-0.2, 0) is 0 Å².